The fourth-order valence-corrected chi connectivity index (χ4v) is 1.43. The van der Waals surface area contributed by atoms with Crippen molar-refractivity contribution in [3.05, 3.63) is 41.8 Å². The van der Waals surface area contributed by atoms with Crippen molar-refractivity contribution in [1.82, 2.24) is 9.97 Å². The number of hydrogen-bond donors (Lipinski definition) is 0. The summed E-state index contributed by atoms with van der Waals surface area (Å²) in [6.45, 7) is 2.47. The molecule has 0 atom stereocenters. The Morgan fingerprint density at radius 3 is 2.53 bits per heavy atom. The summed E-state index contributed by atoms with van der Waals surface area (Å²) in [7, 11) is 0. The van der Waals surface area contributed by atoms with Crippen LogP contribution in [0.3, 0.4) is 0 Å². The summed E-state index contributed by atoms with van der Waals surface area (Å²) in [5, 5.41) is 0.221. The Bertz CT molecular complexity index is 505. The normalized spacial score (nSPS) is 10.0. The van der Waals surface area contributed by atoms with E-state index in [2.05, 4.69) is 9.97 Å². The zero-order chi connectivity index (χ0) is 12.1. The number of nitrogens with zero attached hydrogens (tertiary/aromatic N) is 2. The van der Waals surface area contributed by atoms with Gasteiger partial charge in [0, 0.05) is 12.4 Å². The molecule has 5 heteroatoms. The standard InChI is InChI=1S/C12H11ClN2O2/c1-2-16-9-5-3-4-6-10(9)17-12-11(13)14-7-8-15-12/h3-8H,2H2,1H3. The Kier molecular flexibility index (Phi) is 3.77. The molecule has 0 aliphatic heterocycles. The highest BCUT2D eigenvalue weighted by atomic mass is 35.5. The van der Waals surface area contributed by atoms with Gasteiger partial charge in [-0.1, -0.05) is 23.7 Å². The molecule has 0 saturated carbocycles. The topological polar surface area (TPSA) is 44.2 Å². The van der Waals surface area contributed by atoms with E-state index in [0.29, 0.717) is 18.1 Å². The maximum atomic E-state index is 5.86. The average molecular weight is 251 g/mol. The van der Waals surface area contributed by atoms with Gasteiger partial charge in [-0.25, -0.2) is 9.97 Å². The first-order chi connectivity index (χ1) is 8.31. The van der Waals surface area contributed by atoms with E-state index in [4.69, 9.17) is 21.1 Å². The molecule has 4 nitrogen and oxygen atoms in total. The Labute approximate surface area is 104 Å². The Morgan fingerprint density at radius 2 is 1.82 bits per heavy atom. The van der Waals surface area contributed by atoms with Gasteiger partial charge in [-0.2, -0.15) is 0 Å². The number of hydrogen-bond acceptors (Lipinski definition) is 4. The molecule has 0 unspecified atom stereocenters. The highest BCUT2D eigenvalue weighted by molar-refractivity contribution is 6.30. The van der Waals surface area contributed by atoms with Gasteiger partial charge >= 0.3 is 0 Å². The monoisotopic (exact) mass is 250 g/mol. The van der Waals surface area contributed by atoms with Crippen LogP contribution in [0.15, 0.2) is 36.7 Å². The van der Waals surface area contributed by atoms with E-state index in [1.807, 2.05) is 25.1 Å². The van der Waals surface area contributed by atoms with Crippen LogP contribution in [-0.2, 0) is 0 Å². The van der Waals surface area contributed by atoms with E-state index in [0.717, 1.165) is 0 Å². The van der Waals surface area contributed by atoms with Crippen molar-refractivity contribution in [1.29, 1.82) is 0 Å². The third-order valence-corrected chi connectivity index (χ3v) is 2.24. The van der Waals surface area contributed by atoms with Crippen molar-refractivity contribution in [2.45, 2.75) is 6.92 Å². The summed E-state index contributed by atoms with van der Waals surface area (Å²) < 4.78 is 11.0. The predicted octanol–water partition coefficient (Wildman–Crippen LogP) is 3.32. The summed E-state index contributed by atoms with van der Waals surface area (Å²) in [4.78, 5) is 7.89. The third-order valence-electron chi connectivity index (χ3n) is 1.98. The van der Waals surface area contributed by atoms with Gasteiger partial charge in [0.1, 0.15) is 0 Å². The van der Waals surface area contributed by atoms with Crippen LogP contribution in [0.4, 0.5) is 0 Å². The number of benzene rings is 1. The molecule has 0 spiro atoms. The Morgan fingerprint density at radius 1 is 1.12 bits per heavy atom. The van der Waals surface area contributed by atoms with Gasteiger partial charge < -0.3 is 9.47 Å². The SMILES string of the molecule is CCOc1ccccc1Oc1nccnc1Cl. The first-order valence-corrected chi connectivity index (χ1v) is 5.55. The highest BCUT2D eigenvalue weighted by Crippen LogP contribution is 2.32. The van der Waals surface area contributed by atoms with Crippen LogP contribution in [0.1, 0.15) is 6.92 Å². The van der Waals surface area contributed by atoms with Gasteiger partial charge in [0.25, 0.3) is 5.88 Å². The van der Waals surface area contributed by atoms with Gasteiger partial charge in [0.05, 0.1) is 6.61 Å². The van der Waals surface area contributed by atoms with Crippen molar-refractivity contribution >= 4 is 11.6 Å². The molecule has 0 N–H and O–H groups in total. The second kappa shape index (κ2) is 5.50. The Balaban J connectivity index is 2.27. The zero-order valence-corrected chi connectivity index (χ0v) is 10.0. The highest BCUT2D eigenvalue weighted by Gasteiger charge is 2.09. The second-order valence-electron chi connectivity index (χ2n) is 3.13. The fourth-order valence-electron chi connectivity index (χ4n) is 1.29. The summed E-state index contributed by atoms with van der Waals surface area (Å²) in [5.74, 6) is 1.48. The largest absolute Gasteiger partial charge is 0.490 e. The number of rotatable bonds is 4. The van der Waals surface area contributed by atoms with Crippen LogP contribution in [0, 0.1) is 0 Å². The lowest BCUT2D eigenvalue weighted by Gasteiger charge is -2.10. The zero-order valence-electron chi connectivity index (χ0n) is 9.26. The molecule has 17 heavy (non-hydrogen) atoms. The molecule has 1 aromatic heterocycles. The maximum Gasteiger partial charge on any atom is 0.257 e. The minimum atomic E-state index is 0.221. The summed E-state index contributed by atoms with van der Waals surface area (Å²) in [6, 6.07) is 7.33. The van der Waals surface area contributed by atoms with E-state index in [-0.39, 0.29) is 11.0 Å². The Hall–Kier alpha value is -1.81. The minimum Gasteiger partial charge on any atom is -0.490 e. The molecule has 0 bridgehead atoms. The van der Waals surface area contributed by atoms with Crippen LogP contribution in [0.2, 0.25) is 5.15 Å². The van der Waals surface area contributed by atoms with E-state index < -0.39 is 0 Å². The lowest BCUT2D eigenvalue weighted by Crippen LogP contribution is -1.96. The summed E-state index contributed by atoms with van der Waals surface area (Å²) >= 11 is 5.86. The molecule has 0 aliphatic rings. The lowest BCUT2D eigenvalue weighted by atomic mass is 10.3. The number of ether oxygens (including phenoxy) is 2. The number of para-hydroxylation sites is 2. The molecule has 2 rings (SSSR count). The van der Waals surface area contributed by atoms with Gasteiger partial charge in [-0.05, 0) is 19.1 Å². The molecule has 1 aromatic carbocycles. The lowest BCUT2D eigenvalue weighted by molar-refractivity contribution is 0.319. The minimum absolute atomic E-state index is 0.221. The molecule has 0 fully saturated rings. The van der Waals surface area contributed by atoms with E-state index in [9.17, 15) is 0 Å². The first-order valence-electron chi connectivity index (χ1n) is 5.17. The molecule has 2 aromatic rings. The molecule has 0 amide bonds. The molecule has 88 valence electrons. The molecular weight excluding hydrogens is 240 g/mol. The van der Waals surface area contributed by atoms with Crippen LogP contribution < -0.4 is 9.47 Å². The van der Waals surface area contributed by atoms with Gasteiger partial charge in [-0.3, -0.25) is 0 Å². The first kappa shape index (κ1) is 11.7. The number of halogens is 1. The van der Waals surface area contributed by atoms with Crippen LogP contribution in [0.5, 0.6) is 17.4 Å². The van der Waals surface area contributed by atoms with Crippen LogP contribution in [0.25, 0.3) is 0 Å². The van der Waals surface area contributed by atoms with Crippen molar-refractivity contribution in [3.8, 4) is 17.4 Å². The molecule has 1 heterocycles. The predicted molar refractivity (Wildman–Crippen MR) is 64.7 cm³/mol. The molecular formula is C12H11ClN2O2. The summed E-state index contributed by atoms with van der Waals surface area (Å²) in [6.07, 6.45) is 3.02. The molecule has 0 radical (unpaired) electrons. The second-order valence-corrected chi connectivity index (χ2v) is 3.49. The molecule has 0 aliphatic carbocycles. The van der Waals surface area contributed by atoms with Crippen molar-refractivity contribution in [2.75, 3.05) is 6.61 Å². The van der Waals surface area contributed by atoms with Gasteiger partial charge in [0.15, 0.2) is 16.7 Å². The van der Waals surface area contributed by atoms with Crippen molar-refractivity contribution in [3.63, 3.8) is 0 Å². The van der Waals surface area contributed by atoms with Crippen LogP contribution in [-0.4, -0.2) is 16.6 Å². The van der Waals surface area contributed by atoms with Crippen molar-refractivity contribution < 1.29 is 9.47 Å². The van der Waals surface area contributed by atoms with E-state index in [1.54, 1.807) is 6.07 Å². The fraction of sp³-hybridized carbons (Fsp3) is 0.167. The maximum absolute atomic E-state index is 5.86. The summed E-state index contributed by atoms with van der Waals surface area (Å²) in [5.41, 5.74) is 0. The van der Waals surface area contributed by atoms with Gasteiger partial charge in [-0.15, -0.1) is 0 Å². The molecule has 0 saturated heterocycles. The number of aromatic nitrogens is 2. The van der Waals surface area contributed by atoms with E-state index >= 15 is 0 Å². The smallest absolute Gasteiger partial charge is 0.257 e. The third kappa shape index (κ3) is 2.85. The average Bonchev–Trinajstić information content (AvgIpc) is 2.35. The van der Waals surface area contributed by atoms with Gasteiger partial charge in [0.2, 0.25) is 0 Å². The quantitative estimate of drug-likeness (QED) is 0.835. The van der Waals surface area contributed by atoms with Crippen molar-refractivity contribution in [2.24, 2.45) is 0 Å². The van der Waals surface area contributed by atoms with E-state index in [1.165, 1.54) is 12.4 Å². The van der Waals surface area contributed by atoms with Crippen LogP contribution >= 0.6 is 11.6 Å².